The topological polar surface area (TPSA) is 76.8 Å². The van der Waals surface area contributed by atoms with Crippen molar-refractivity contribution in [3.8, 4) is 5.75 Å². The minimum Gasteiger partial charge on any atom is -0.497 e. The van der Waals surface area contributed by atoms with Crippen molar-refractivity contribution in [2.24, 2.45) is 0 Å². The van der Waals surface area contributed by atoms with E-state index in [2.05, 4.69) is 0 Å². The normalized spacial score (nSPS) is 15.7. The van der Waals surface area contributed by atoms with Gasteiger partial charge < -0.3 is 14.1 Å². The summed E-state index contributed by atoms with van der Waals surface area (Å²) in [6.45, 7) is 0.979. The molecule has 2 heterocycles. The zero-order valence-electron chi connectivity index (χ0n) is 15.5. The second kappa shape index (κ2) is 8.61. The third-order valence-electron chi connectivity index (χ3n) is 5.01. The highest BCUT2D eigenvalue weighted by Gasteiger charge is 2.32. The van der Waals surface area contributed by atoms with Crippen LogP contribution in [0.1, 0.15) is 30.6 Å². The number of sulfone groups is 1. The molecule has 0 spiro atoms. The number of hydrogen-bond donors (Lipinski definition) is 0. The second-order valence-electron chi connectivity index (χ2n) is 6.81. The van der Waals surface area contributed by atoms with Crippen LogP contribution >= 0.6 is 0 Å². The fraction of sp³-hybridized carbons (Fsp3) is 0.450. The molecule has 1 aromatic heterocycles. The summed E-state index contributed by atoms with van der Waals surface area (Å²) in [6, 6.07) is 11.0. The third kappa shape index (κ3) is 5.13. The Labute approximate surface area is 160 Å². The highest BCUT2D eigenvalue weighted by Crippen LogP contribution is 2.22. The van der Waals surface area contributed by atoms with Crippen LogP contribution in [0.5, 0.6) is 5.75 Å². The number of carbonyl (C=O) groups is 1. The first-order valence-electron chi connectivity index (χ1n) is 9.12. The van der Waals surface area contributed by atoms with Crippen LogP contribution in [0, 0.1) is 0 Å². The Morgan fingerprint density at radius 1 is 1.19 bits per heavy atom. The van der Waals surface area contributed by atoms with Crippen molar-refractivity contribution in [1.82, 2.24) is 4.90 Å². The average Bonchev–Trinajstić information content (AvgIpc) is 3.19. The first kappa shape index (κ1) is 19.5. The number of rotatable bonds is 7. The van der Waals surface area contributed by atoms with Crippen LogP contribution in [0.3, 0.4) is 0 Å². The minimum absolute atomic E-state index is 0.0733. The van der Waals surface area contributed by atoms with Gasteiger partial charge >= 0.3 is 0 Å². The van der Waals surface area contributed by atoms with E-state index in [1.54, 1.807) is 24.1 Å². The van der Waals surface area contributed by atoms with E-state index >= 15 is 0 Å². The predicted molar refractivity (Wildman–Crippen MR) is 102 cm³/mol. The second-order valence-corrected chi connectivity index (χ2v) is 9.10. The highest BCUT2D eigenvalue weighted by atomic mass is 32.2. The number of nitrogens with zero attached hydrogens (tertiary/aromatic N) is 1. The molecule has 1 aromatic carbocycles. The minimum atomic E-state index is -3.26. The maximum absolute atomic E-state index is 12.5. The molecular weight excluding hydrogens is 366 g/mol. The van der Waals surface area contributed by atoms with Crippen LogP contribution in [-0.2, 0) is 26.8 Å². The van der Waals surface area contributed by atoms with Gasteiger partial charge in [0.15, 0.2) is 9.84 Å². The molecule has 6 nitrogen and oxygen atoms in total. The van der Waals surface area contributed by atoms with Gasteiger partial charge in [0.2, 0.25) is 5.91 Å². The van der Waals surface area contributed by atoms with Gasteiger partial charge in [-0.25, -0.2) is 8.42 Å². The number of hydrogen-bond acceptors (Lipinski definition) is 5. The van der Waals surface area contributed by atoms with Gasteiger partial charge in [0.1, 0.15) is 17.3 Å². The molecule has 0 aliphatic carbocycles. The monoisotopic (exact) mass is 391 g/mol. The molecule has 0 radical (unpaired) electrons. The lowest BCUT2D eigenvalue weighted by Gasteiger charge is -2.31. The van der Waals surface area contributed by atoms with E-state index in [4.69, 9.17) is 9.15 Å². The van der Waals surface area contributed by atoms with Gasteiger partial charge in [-0.05, 0) is 49.1 Å². The van der Waals surface area contributed by atoms with E-state index in [1.165, 1.54) is 6.26 Å². The van der Waals surface area contributed by atoms with E-state index in [-0.39, 0.29) is 11.7 Å². The molecule has 1 amide bonds. The summed E-state index contributed by atoms with van der Waals surface area (Å²) >= 11 is 0. The molecule has 3 rings (SSSR count). The van der Waals surface area contributed by atoms with E-state index in [0.29, 0.717) is 44.5 Å². The Hall–Kier alpha value is -2.28. The molecule has 7 heteroatoms. The lowest BCUT2D eigenvalue weighted by atomic mass is 10.1. The van der Waals surface area contributed by atoms with Gasteiger partial charge in [0.25, 0.3) is 0 Å². The smallest absolute Gasteiger partial charge is 0.222 e. The Morgan fingerprint density at radius 2 is 1.89 bits per heavy atom. The molecule has 0 unspecified atom stereocenters. The van der Waals surface area contributed by atoms with Crippen molar-refractivity contribution in [3.05, 3.63) is 54.0 Å². The summed E-state index contributed by atoms with van der Waals surface area (Å²) < 4.78 is 35.3. The highest BCUT2D eigenvalue weighted by molar-refractivity contribution is 7.91. The van der Waals surface area contributed by atoms with Crippen molar-refractivity contribution in [3.63, 3.8) is 0 Å². The largest absolute Gasteiger partial charge is 0.497 e. The van der Waals surface area contributed by atoms with Crippen LogP contribution in [-0.4, -0.2) is 44.7 Å². The molecule has 1 aliphatic heterocycles. The number of carbonyl (C=O) groups excluding carboxylic acids is 1. The fourth-order valence-corrected chi connectivity index (χ4v) is 5.10. The van der Waals surface area contributed by atoms with Crippen molar-refractivity contribution < 1.29 is 22.4 Å². The summed E-state index contributed by atoms with van der Waals surface area (Å²) in [5.74, 6) is 1.26. The van der Waals surface area contributed by atoms with Gasteiger partial charge in [-0.2, -0.15) is 0 Å². The molecule has 0 bridgehead atoms. The van der Waals surface area contributed by atoms with Crippen molar-refractivity contribution in [2.75, 3.05) is 20.2 Å². The zero-order valence-corrected chi connectivity index (χ0v) is 16.3. The van der Waals surface area contributed by atoms with Crippen LogP contribution in [0.25, 0.3) is 0 Å². The fourth-order valence-electron chi connectivity index (χ4n) is 3.38. The van der Waals surface area contributed by atoms with Gasteiger partial charge in [-0.3, -0.25) is 4.79 Å². The molecule has 2 aromatic rings. The van der Waals surface area contributed by atoms with E-state index in [9.17, 15) is 13.2 Å². The Kier molecular flexibility index (Phi) is 6.21. The molecule has 0 atom stereocenters. The molecule has 146 valence electrons. The van der Waals surface area contributed by atoms with Crippen molar-refractivity contribution >= 4 is 15.7 Å². The van der Waals surface area contributed by atoms with Gasteiger partial charge in [0.05, 0.1) is 18.6 Å². The van der Waals surface area contributed by atoms with Crippen molar-refractivity contribution in [1.29, 1.82) is 0 Å². The summed E-state index contributed by atoms with van der Waals surface area (Å²) in [4.78, 5) is 14.2. The lowest BCUT2D eigenvalue weighted by Crippen LogP contribution is -2.42. The number of aryl methyl sites for hydroxylation is 1. The number of benzene rings is 1. The summed E-state index contributed by atoms with van der Waals surface area (Å²) in [7, 11) is -1.64. The molecule has 27 heavy (non-hydrogen) atoms. The maximum atomic E-state index is 12.5. The predicted octanol–water partition coefficient (Wildman–Crippen LogP) is 2.83. The van der Waals surface area contributed by atoms with Crippen LogP contribution < -0.4 is 4.74 Å². The van der Waals surface area contributed by atoms with E-state index < -0.39 is 15.1 Å². The Bertz CT molecular complexity index is 835. The molecule has 0 N–H and O–H groups in total. The van der Waals surface area contributed by atoms with Gasteiger partial charge in [0, 0.05) is 19.5 Å². The van der Waals surface area contributed by atoms with Gasteiger partial charge in [-0.1, -0.05) is 12.1 Å². The zero-order chi connectivity index (χ0) is 19.3. The van der Waals surface area contributed by atoms with E-state index in [0.717, 1.165) is 11.3 Å². The standard InChI is InChI=1S/C20H25NO5S/c1-25-17-7-4-16(5-8-17)6-9-20(22)21-12-10-19(11-13-21)27(23,24)15-18-3-2-14-26-18/h2-5,7-8,14,19H,6,9-13,15H2,1H3. The molecular formula is C20H25NO5S. The number of piperidine rings is 1. The lowest BCUT2D eigenvalue weighted by molar-refractivity contribution is -0.132. The van der Waals surface area contributed by atoms with E-state index in [1.807, 2.05) is 24.3 Å². The summed E-state index contributed by atoms with van der Waals surface area (Å²) in [5, 5.41) is -0.409. The van der Waals surface area contributed by atoms with Crippen LogP contribution in [0.15, 0.2) is 47.1 Å². The number of methoxy groups -OCH3 is 1. The number of furan rings is 1. The number of amides is 1. The number of likely N-dealkylation sites (tertiary alicyclic amines) is 1. The summed E-state index contributed by atoms with van der Waals surface area (Å²) in [6.07, 6.45) is 3.54. The third-order valence-corrected chi connectivity index (χ3v) is 7.19. The quantitative estimate of drug-likeness (QED) is 0.725. The number of ether oxygens (including phenoxy) is 1. The molecule has 1 saturated heterocycles. The first-order valence-corrected chi connectivity index (χ1v) is 10.8. The first-order chi connectivity index (χ1) is 13.0. The van der Waals surface area contributed by atoms with Crippen molar-refractivity contribution in [2.45, 2.75) is 36.7 Å². The summed E-state index contributed by atoms with van der Waals surface area (Å²) in [5.41, 5.74) is 1.08. The molecule has 0 saturated carbocycles. The average molecular weight is 391 g/mol. The molecule has 1 aliphatic rings. The SMILES string of the molecule is COc1ccc(CCC(=O)N2CCC(S(=O)(=O)Cc3ccco3)CC2)cc1. The van der Waals surface area contributed by atoms with Gasteiger partial charge in [-0.15, -0.1) is 0 Å². The van der Waals surface area contributed by atoms with Crippen LogP contribution in [0.4, 0.5) is 0 Å². The maximum Gasteiger partial charge on any atom is 0.222 e. The van der Waals surface area contributed by atoms with Crippen LogP contribution in [0.2, 0.25) is 0 Å². The Balaban J connectivity index is 1.47. The molecule has 1 fully saturated rings. The Morgan fingerprint density at radius 3 is 2.48 bits per heavy atom.